The average Bonchev–Trinajstić information content (AvgIpc) is 3.23. The van der Waals surface area contributed by atoms with Gasteiger partial charge in [-0.3, -0.25) is 0 Å². The van der Waals surface area contributed by atoms with Crippen LogP contribution in [0.2, 0.25) is 0 Å². The molecule has 1 aromatic carbocycles. The smallest absolute Gasteiger partial charge is 0.0307 e. The fourth-order valence-electron chi connectivity index (χ4n) is 2.49. The Hall–Kier alpha value is -0.380. The van der Waals surface area contributed by atoms with Crippen LogP contribution in [-0.4, -0.2) is 24.0 Å². The van der Waals surface area contributed by atoms with E-state index >= 15 is 0 Å². The van der Waals surface area contributed by atoms with Crippen molar-refractivity contribution in [1.82, 2.24) is 4.90 Å². The summed E-state index contributed by atoms with van der Waals surface area (Å²) in [5, 5.41) is 0. The Labute approximate surface area is 125 Å². The first kappa shape index (κ1) is 15.0. The van der Waals surface area contributed by atoms with Crippen LogP contribution < -0.4 is 5.73 Å². The van der Waals surface area contributed by atoms with Crippen LogP contribution >= 0.6 is 15.9 Å². The maximum atomic E-state index is 6.31. The molecule has 19 heavy (non-hydrogen) atoms. The van der Waals surface area contributed by atoms with Crippen molar-refractivity contribution in [2.45, 2.75) is 51.1 Å². The third kappa shape index (κ3) is 4.90. The molecule has 2 N–H and O–H groups in total. The maximum absolute atomic E-state index is 6.31. The van der Waals surface area contributed by atoms with Gasteiger partial charge in [0.2, 0.25) is 0 Å². The predicted molar refractivity (Wildman–Crippen MR) is 85.2 cm³/mol. The highest BCUT2D eigenvalue weighted by molar-refractivity contribution is 9.10. The predicted octanol–water partition coefficient (Wildman–Crippen LogP) is 4.10. The van der Waals surface area contributed by atoms with E-state index in [2.05, 4.69) is 46.0 Å². The van der Waals surface area contributed by atoms with Gasteiger partial charge in [0, 0.05) is 23.1 Å². The number of benzene rings is 1. The normalized spacial score (nSPS) is 16.8. The molecule has 2 rings (SSSR count). The van der Waals surface area contributed by atoms with E-state index in [1.807, 2.05) is 6.07 Å². The van der Waals surface area contributed by atoms with Gasteiger partial charge in [0.25, 0.3) is 0 Å². The first-order valence-electron chi connectivity index (χ1n) is 7.45. The summed E-state index contributed by atoms with van der Waals surface area (Å²) in [4.78, 5) is 2.64. The fraction of sp³-hybridized carbons (Fsp3) is 0.625. The second-order valence-electron chi connectivity index (χ2n) is 5.57. The minimum atomic E-state index is 0.153. The number of halogens is 1. The summed E-state index contributed by atoms with van der Waals surface area (Å²) in [7, 11) is 0. The zero-order valence-electron chi connectivity index (χ0n) is 11.8. The Morgan fingerprint density at radius 3 is 2.79 bits per heavy atom. The molecule has 1 atom stereocenters. The molecule has 0 aromatic heterocycles. The Kier molecular flexibility index (Phi) is 5.86. The molecule has 0 aliphatic heterocycles. The van der Waals surface area contributed by atoms with Crippen molar-refractivity contribution in [3.8, 4) is 0 Å². The van der Waals surface area contributed by atoms with Crippen molar-refractivity contribution in [3.05, 3.63) is 34.3 Å². The molecule has 0 radical (unpaired) electrons. The molecule has 106 valence electrons. The molecule has 1 unspecified atom stereocenters. The molecule has 1 aliphatic carbocycles. The summed E-state index contributed by atoms with van der Waals surface area (Å²) in [6.45, 7) is 4.64. The Bertz CT molecular complexity index is 390. The molecular formula is C16H25BrN2. The van der Waals surface area contributed by atoms with Crippen molar-refractivity contribution < 1.29 is 0 Å². The summed E-state index contributed by atoms with van der Waals surface area (Å²) in [6, 6.07) is 9.38. The van der Waals surface area contributed by atoms with E-state index in [9.17, 15) is 0 Å². The van der Waals surface area contributed by atoms with E-state index in [1.54, 1.807) is 0 Å². The lowest BCUT2D eigenvalue weighted by atomic mass is 10.0. The molecule has 3 heteroatoms. The molecule has 1 aromatic rings. The molecule has 0 heterocycles. The zero-order chi connectivity index (χ0) is 13.7. The van der Waals surface area contributed by atoms with E-state index in [-0.39, 0.29) is 6.04 Å². The van der Waals surface area contributed by atoms with Crippen molar-refractivity contribution in [3.63, 3.8) is 0 Å². The molecule has 1 aliphatic rings. The number of nitrogens with two attached hydrogens (primary N) is 1. The molecule has 0 amide bonds. The first-order chi connectivity index (χ1) is 9.20. The number of unbranched alkanes of at least 4 members (excludes halogenated alkanes) is 1. The van der Waals surface area contributed by atoms with Crippen LogP contribution in [0.5, 0.6) is 0 Å². The standard InChI is InChI=1S/C16H25BrN2/c1-2-3-10-19(15-7-8-15)11-9-16(18)13-5-4-6-14(17)12-13/h4-6,12,15-16H,2-3,7-11,18H2,1H3. The van der Waals surface area contributed by atoms with Gasteiger partial charge in [-0.05, 0) is 49.9 Å². The molecule has 0 saturated heterocycles. The minimum absolute atomic E-state index is 0.153. The van der Waals surface area contributed by atoms with Gasteiger partial charge in [-0.2, -0.15) is 0 Å². The second-order valence-corrected chi connectivity index (χ2v) is 6.49. The molecular weight excluding hydrogens is 300 g/mol. The monoisotopic (exact) mass is 324 g/mol. The van der Waals surface area contributed by atoms with Crippen LogP contribution in [0.4, 0.5) is 0 Å². The summed E-state index contributed by atoms with van der Waals surface area (Å²) in [6.07, 6.45) is 6.41. The van der Waals surface area contributed by atoms with Crippen LogP contribution in [0.3, 0.4) is 0 Å². The van der Waals surface area contributed by atoms with E-state index in [4.69, 9.17) is 5.73 Å². The van der Waals surface area contributed by atoms with Crippen LogP contribution in [0.1, 0.15) is 50.6 Å². The SMILES string of the molecule is CCCCN(CCC(N)c1cccc(Br)c1)C1CC1. The summed E-state index contributed by atoms with van der Waals surface area (Å²) >= 11 is 3.51. The highest BCUT2D eigenvalue weighted by atomic mass is 79.9. The lowest BCUT2D eigenvalue weighted by Crippen LogP contribution is -2.30. The van der Waals surface area contributed by atoms with Crippen molar-refractivity contribution in [1.29, 1.82) is 0 Å². The Morgan fingerprint density at radius 1 is 1.37 bits per heavy atom. The van der Waals surface area contributed by atoms with Gasteiger partial charge in [-0.25, -0.2) is 0 Å². The highest BCUT2D eigenvalue weighted by Gasteiger charge is 2.28. The number of hydrogen-bond acceptors (Lipinski definition) is 2. The number of rotatable bonds is 8. The van der Waals surface area contributed by atoms with E-state index in [1.165, 1.54) is 37.8 Å². The van der Waals surface area contributed by atoms with Crippen molar-refractivity contribution in [2.75, 3.05) is 13.1 Å². The topological polar surface area (TPSA) is 29.3 Å². The summed E-state index contributed by atoms with van der Waals surface area (Å²) in [5.74, 6) is 0. The third-order valence-electron chi connectivity index (χ3n) is 3.87. The second kappa shape index (κ2) is 7.41. The van der Waals surface area contributed by atoms with Gasteiger partial charge in [0.1, 0.15) is 0 Å². The Morgan fingerprint density at radius 2 is 2.16 bits per heavy atom. The van der Waals surface area contributed by atoms with Gasteiger partial charge < -0.3 is 10.6 Å². The maximum Gasteiger partial charge on any atom is 0.0307 e. The molecule has 2 nitrogen and oxygen atoms in total. The van der Waals surface area contributed by atoms with Crippen LogP contribution in [0.15, 0.2) is 28.7 Å². The van der Waals surface area contributed by atoms with Crippen molar-refractivity contribution >= 4 is 15.9 Å². The highest BCUT2D eigenvalue weighted by Crippen LogP contribution is 2.28. The molecule has 1 saturated carbocycles. The van der Waals surface area contributed by atoms with Crippen molar-refractivity contribution in [2.24, 2.45) is 5.73 Å². The summed E-state index contributed by atoms with van der Waals surface area (Å²) < 4.78 is 1.12. The molecule has 0 spiro atoms. The lowest BCUT2D eigenvalue weighted by molar-refractivity contribution is 0.249. The van der Waals surface area contributed by atoms with Gasteiger partial charge in [-0.1, -0.05) is 41.4 Å². The minimum Gasteiger partial charge on any atom is -0.324 e. The van der Waals surface area contributed by atoms with Crippen LogP contribution in [0.25, 0.3) is 0 Å². The third-order valence-corrected chi connectivity index (χ3v) is 4.36. The first-order valence-corrected chi connectivity index (χ1v) is 8.25. The van der Waals surface area contributed by atoms with Gasteiger partial charge >= 0.3 is 0 Å². The van der Waals surface area contributed by atoms with Gasteiger partial charge in [-0.15, -0.1) is 0 Å². The number of nitrogens with zero attached hydrogens (tertiary/aromatic N) is 1. The lowest BCUT2D eigenvalue weighted by Gasteiger charge is -2.23. The van der Waals surface area contributed by atoms with E-state index in [0.29, 0.717) is 0 Å². The van der Waals surface area contributed by atoms with E-state index < -0.39 is 0 Å². The fourth-order valence-corrected chi connectivity index (χ4v) is 2.90. The average molecular weight is 325 g/mol. The largest absolute Gasteiger partial charge is 0.324 e. The van der Waals surface area contributed by atoms with Gasteiger partial charge in [0.05, 0.1) is 0 Å². The summed E-state index contributed by atoms with van der Waals surface area (Å²) in [5.41, 5.74) is 7.55. The molecule has 0 bridgehead atoms. The molecule has 1 fully saturated rings. The number of hydrogen-bond donors (Lipinski definition) is 1. The zero-order valence-corrected chi connectivity index (χ0v) is 13.4. The van der Waals surface area contributed by atoms with Crippen LogP contribution in [-0.2, 0) is 0 Å². The Balaban J connectivity index is 1.82. The van der Waals surface area contributed by atoms with Crippen LogP contribution in [0, 0.1) is 0 Å². The van der Waals surface area contributed by atoms with Gasteiger partial charge in [0.15, 0.2) is 0 Å². The quantitative estimate of drug-likeness (QED) is 0.779. The van der Waals surface area contributed by atoms with E-state index in [0.717, 1.165) is 23.5 Å².